The summed E-state index contributed by atoms with van der Waals surface area (Å²) in [7, 11) is 0.164. The van der Waals surface area contributed by atoms with E-state index in [1.165, 1.54) is 0 Å². The van der Waals surface area contributed by atoms with Crippen molar-refractivity contribution < 1.29 is 0 Å². The Morgan fingerprint density at radius 1 is 1.33 bits per heavy atom. The molecule has 0 N–H and O–H groups in total. The number of hydrogen-bond donors (Lipinski definition) is 0. The predicted octanol–water partition coefficient (Wildman–Crippen LogP) is 1.63. The fraction of sp³-hybridized carbons (Fsp3) is 1.00. The molecule has 0 aromatic heterocycles. The summed E-state index contributed by atoms with van der Waals surface area (Å²) in [6, 6.07) is 0. The summed E-state index contributed by atoms with van der Waals surface area (Å²) in [5.74, 6) is 0. The van der Waals surface area contributed by atoms with Gasteiger partial charge in [-0.2, -0.15) is 0 Å². The molecule has 0 aromatic rings. The third kappa shape index (κ3) is 3.13. The Kier molecular flexibility index (Phi) is 3.47. The van der Waals surface area contributed by atoms with E-state index in [0.29, 0.717) is 0 Å². The predicted molar refractivity (Wildman–Crippen MR) is 34.7 cm³/mol. The Morgan fingerprint density at radius 3 is 1.50 bits per heavy atom. The maximum atomic E-state index is 5.39. The molecule has 0 aliphatic heterocycles. The van der Waals surface area contributed by atoms with Crippen LogP contribution < -0.4 is 0 Å². The van der Waals surface area contributed by atoms with E-state index in [4.69, 9.17) is 23.2 Å². The zero-order valence-electron chi connectivity index (χ0n) is 3.74. The topological polar surface area (TPSA) is 0 Å². The Morgan fingerprint density at radius 2 is 1.50 bits per heavy atom. The number of hydrogen-bond acceptors (Lipinski definition) is 0. The van der Waals surface area contributed by atoms with Gasteiger partial charge in [0, 0.05) is 10.9 Å². The molecule has 0 atom stereocenters. The highest BCUT2D eigenvalue weighted by molar-refractivity contribution is 7.98. The van der Waals surface area contributed by atoms with E-state index in [2.05, 4.69) is 0 Å². The lowest BCUT2D eigenvalue weighted by atomic mass is 11.8. The monoisotopic (exact) mass is 145 g/mol. The van der Waals surface area contributed by atoms with Crippen molar-refractivity contribution >= 4 is 34.1 Å². The standard InChI is InChI=1S/C3H7Cl2S/c1-6(2)3(4)5/h3H,1-2H3/q+1. The highest BCUT2D eigenvalue weighted by atomic mass is 35.5. The first-order chi connectivity index (χ1) is 2.64. The van der Waals surface area contributed by atoms with Crippen molar-refractivity contribution in [3.05, 3.63) is 0 Å². The Balaban J connectivity index is 2.99. The molecule has 3 heteroatoms. The van der Waals surface area contributed by atoms with Gasteiger partial charge in [-0.05, 0) is 23.2 Å². The molecule has 0 unspecified atom stereocenters. The van der Waals surface area contributed by atoms with Crippen molar-refractivity contribution in [2.75, 3.05) is 12.5 Å². The van der Waals surface area contributed by atoms with Gasteiger partial charge in [-0.15, -0.1) is 0 Å². The van der Waals surface area contributed by atoms with Crippen LogP contribution in [0.2, 0.25) is 0 Å². The zero-order chi connectivity index (χ0) is 5.15. The Bertz CT molecular complexity index is 29.8. The Hall–Kier alpha value is 0.930. The number of rotatable bonds is 1. The smallest absolute Gasteiger partial charge is 0.0472 e. The van der Waals surface area contributed by atoms with Crippen molar-refractivity contribution in [3.63, 3.8) is 0 Å². The van der Waals surface area contributed by atoms with Crippen molar-refractivity contribution in [3.8, 4) is 0 Å². The molecule has 0 bridgehead atoms. The van der Waals surface area contributed by atoms with E-state index in [9.17, 15) is 0 Å². The molecule has 0 nitrogen and oxygen atoms in total. The molecule has 0 saturated carbocycles. The third-order valence-electron chi connectivity index (χ3n) is 0.356. The van der Waals surface area contributed by atoms with E-state index in [0.717, 1.165) is 0 Å². The van der Waals surface area contributed by atoms with E-state index in [-0.39, 0.29) is 15.1 Å². The van der Waals surface area contributed by atoms with Crippen LogP contribution in [0.4, 0.5) is 0 Å². The quantitative estimate of drug-likeness (QED) is 0.389. The van der Waals surface area contributed by atoms with Gasteiger partial charge < -0.3 is 0 Å². The molecular weight excluding hydrogens is 139 g/mol. The van der Waals surface area contributed by atoms with Gasteiger partial charge >= 0.3 is 0 Å². The second-order valence-corrected chi connectivity index (χ2v) is 4.98. The minimum absolute atomic E-state index is 0.164. The van der Waals surface area contributed by atoms with Crippen molar-refractivity contribution in [2.45, 2.75) is 4.17 Å². The van der Waals surface area contributed by atoms with E-state index < -0.39 is 0 Å². The van der Waals surface area contributed by atoms with Gasteiger partial charge in [-0.1, -0.05) is 0 Å². The van der Waals surface area contributed by atoms with Crippen molar-refractivity contribution in [1.29, 1.82) is 0 Å². The van der Waals surface area contributed by atoms with Crippen LogP contribution >= 0.6 is 23.2 Å². The summed E-state index contributed by atoms with van der Waals surface area (Å²) >= 11 is 10.8. The van der Waals surface area contributed by atoms with Gasteiger partial charge in [-0.3, -0.25) is 0 Å². The van der Waals surface area contributed by atoms with Gasteiger partial charge in [0.2, 0.25) is 0 Å². The van der Waals surface area contributed by atoms with Crippen LogP contribution in [-0.4, -0.2) is 16.7 Å². The van der Waals surface area contributed by atoms with Crippen molar-refractivity contribution in [1.82, 2.24) is 0 Å². The fourth-order valence-electron chi connectivity index (χ4n) is 0. The third-order valence-corrected chi connectivity index (χ3v) is 3.21. The lowest BCUT2D eigenvalue weighted by Gasteiger charge is -1.90. The molecule has 0 aliphatic carbocycles. The van der Waals surface area contributed by atoms with E-state index in [1.54, 1.807) is 0 Å². The number of halogens is 2. The SMILES string of the molecule is C[S+](C)C(Cl)Cl. The molecule has 0 spiro atoms. The zero-order valence-corrected chi connectivity index (χ0v) is 6.07. The summed E-state index contributed by atoms with van der Waals surface area (Å²) in [6.45, 7) is 0. The van der Waals surface area contributed by atoms with Crippen LogP contribution in [0.15, 0.2) is 0 Å². The second-order valence-electron chi connectivity index (χ2n) is 1.14. The molecule has 0 amide bonds. The molecule has 0 rings (SSSR count). The van der Waals surface area contributed by atoms with Crippen LogP contribution in [0, 0.1) is 0 Å². The fourth-order valence-corrected chi connectivity index (χ4v) is 0. The minimum atomic E-state index is -0.176. The average Bonchev–Trinajstić information content (AvgIpc) is 1.36. The lowest BCUT2D eigenvalue weighted by Crippen LogP contribution is -2.02. The molecule has 6 heavy (non-hydrogen) atoms. The van der Waals surface area contributed by atoms with Gasteiger partial charge in [0.1, 0.15) is 0 Å². The normalized spacial score (nSPS) is 11.0. The maximum absolute atomic E-state index is 5.39. The summed E-state index contributed by atoms with van der Waals surface area (Å²) in [5, 5.41) is 0. The van der Waals surface area contributed by atoms with Crippen LogP contribution in [0.3, 0.4) is 0 Å². The number of alkyl halides is 2. The van der Waals surface area contributed by atoms with Gasteiger partial charge in [0.05, 0.1) is 12.5 Å². The van der Waals surface area contributed by atoms with Gasteiger partial charge in [-0.25, -0.2) is 0 Å². The van der Waals surface area contributed by atoms with Gasteiger partial charge in [0.15, 0.2) is 0 Å². The molecular formula is C3H7Cl2S+. The van der Waals surface area contributed by atoms with Crippen LogP contribution in [0.25, 0.3) is 0 Å². The van der Waals surface area contributed by atoms with E-state index in [1.807, 2.05) is 12.5 Å². The molecule has 0 aliphatic rings. The summed E-state index contributed by atoms with van der Waals surface area (Å²) in [6.07, 6.45) is 4.01. The second kappa shape index (κ2) is 3.00. The summed E-state index contributed by atoms with van der Waals surface area (Å²) in [4.78, 5) is 0. The first kappa shape index (κ1) is 6.93. The van der Waals surface area contributed by atoms with Crippen LogP contribution in [0.1, 0.15) is 0 Å². The molecule has 0 aromatic carbocycles. The first-order valence-electron chi connectivity index (χ1n) is 1.49. The first-order valence-corrected chi connectivity index (χ1v) is 4.47. The molecule has 0 radical (unpaired) electrons. The average molecular weight is 146 g/mol. The Labute approximate surface area is 51.2 Å². The van der Waals surface area contributed by atoms with Crippen LogP contribution in [-0.2, 0) is 10.9 Å². The summed E-state index contributed by atoms with van der Waals surface area (Å²) in [5.41, 5.74) is 0. The maximum Gasteiger partial charge on any atom is 0.265 e. The molecule has 0 saturated heterocycles. The lowest BCUT2D eigenvalue weighted by molar-refractivity contribution is 1.90. The molecule has 0 heterocycles. The highest BCUT2D eigenvalue weighted by Gasteiger charge is 2.11. The summed E-state index contributed by atoms with van der Waals surface area (Å²) < 4.78 is -0.176. The highest BCUT2D eigenvalue weighted by Crippen LogP contribution is 2.08. The van der Waals surface area contributed by atoms with E-state index >= 15 is 0 Å². The van der Waals surface area contributed by atoms with Crippen molar-refractivity contribution in [2.24, 2.45) is 0 Å². The minimum Gasteiger partial charge on any atom is -0.0472 e. The largest absolute Gasteiger partial charge is 0.265 e. The molecule has 0 fully saturated rings. The molecule has 38 valence electrons. The van der Waals surface area contributed by atoms with Gasteiger partial charge in [0.25, 0.3) is 4.17 Å². The van der Waals surface area contributed by atoms with Crippen LogP contribution in [0.5, 0.6) is 0 Å².